The average Bonchev–Trinajstić information content (AvgIpc) is 2.62. The lowest BCUT2D eigenvalue weighted by atomic mass is 9.99. The normalized spacial score (nSPS) is 11.9. The molecule has 0 amide bonds. The standard InChI is InChI=1S/C21H21NO/c22-20(15-17-9-3-1-4-10-17)19-13-7-8-14-21(19)23-16-18-11-5-2-6-12-18/h1-14,20H,15-16,22H2/t20-/m1/s1. The molecule has 0 spiro atoms. The fraction of sp³-hybridized carbons (Fsp3) is 0.143. The second-order valence-electron chi connectivity index (χ2n) is 5.61. The molecular weight excluding hydrogens is 282 g/mol. The summed E-state index contributed by atoms with van der Waals surface area (Å²) in [7, 11) is 0. The molecule has 0 bridgehead atoms. The number of ether oxygens (including phenoxy) is 1. The first-order valence-electron chi connectivity index (χ1n) is 7.88. The van der Waals surface area contributed by atoms with Crippen LogP contribution in [0.2, 0.25) is 0 Å². The van der Waals surface area contributed by atoms with Crippen LogP contribution < -0.4 is 10.5 Å². The molecule has 23 heavy (non-hydrogen) atoms. The van der Waals surface area contributed by atoms with Crippen molar-refractivity contribution >= 4 is 0 Å². The van der Waals surface area contributed by atoms with Gasteiger partial charge in [-0.2, -0.15) is 0 Å². The minimum Gasteiger partial charge on any atom is -0.489 e. The van der Waals surface area contributed by atoms with E-state index < -0.39 is 0 Å². The van der Waals surface area contributed by atoms with Gasteiger partial charge in [0.15, 0.2) is 0 Å². The van der Waals surface area contributed by atoms with Gasteiger partial charge in [0.05, 0.1) is 0 Å². The van der Waals surface area contributed by atoms with E-state index in [0.29, 0.717) is 6.61 Å². The largest absolute Gasteiger partial charge is 0.489 e. The molecule has 0 saturated carbocycles. The van der Waals surface area contributed by atoms with Crippen molar-refractivity contribution < 1.29 is 4.74 Å². The third-order valence-electron chi connectivity index (χ3n) is 3.85. The maximum Gasteiger partial charge on any atom is 0.124 e. The molecule has 3 aromatic carbocycles. The average molecular weight is 303 g/mol. The van der Waals surface area contributed by atoms with Crippen molar-refractivity contribution in [2.45, 2.75) is 19.1 Å². The molecule has 0 aliphatic rings. The Morgan fingerprint density at radius 3 is 1.96 bits per heavy atom. The number of rotatable bonds is 6. The Labute approximate surface area is 137 Å². The Morgan fingerprint density at radius 2 is 1.26 bits per heavy atom. The Kier molecular flexibility index (Phi) is 5.07. The van der Waals surface area contributed by atoms with Gasteiger partial charge in [-0.15, -0.1) is 0 Å². The van der Waals surface area contributed by atoms with E-state index in [1.165, 1.54) is 5.56 Å². The highest BCUT2D eigenvalue weighted by molar-refractivity contribution is 5.37. The number of para-hydroxylation sites is 1. The quantitative estimate of drug-likeness (QED) is 0.727. The number of hydrogen-bond acceptors (Lipinski definition) is 2. The van der Waals surface area contributed by atoms with Crippen LogP contribution in [0.5, 0.6) is 5.75 Å². The number of hydrogen-bond donors (Lipinski definition) is 1. The van der Waals surface area contributed by atoms with Crippen LogP contribution in [-0.4, -0.2) is 0 Å². The third-order valence-corrected chi connectivity index (χ3v) is 3.85. The fourth-order valence-electron chi connectivity index (χ4n) is 2.63. The molecular formula is C21H21NO. The molecule has 0 unspecified atom stereocenters. The summed E-state index contributed by atoms with van der Waals surface area (Å²) in [6, 6.07) is 28.4. The van der Waals surface area contributed by atoms with Crippen LogP contribution >= 0.6 is 0 Å². The molecule has 0 aromatic heterocycles. The van der Waals surface area contributed by atoms with Gasteiger partial charge in [0.25, 0.3) is 0 Å². The summed E-state index contributed by atoms with van der Waals surface area (Å²) >= 11 is 0. The highest BCUT2D eigenvalue weighted by Crippen LogP contribution is 2.26. The Balaban J connectivity index is 1.72. The maximum atomic E-state index is 6.42. The summed E-state index contributed by atoms with van der Waals surface area (Å²) in [4.78, 5) is 0. The molecule has 116 valence electrons. The molecule has 2 nitrogen and oxygen atoms in total. The second-order valence-corrected chi connectivity index (χ2v) is 5.61. The second kappa shape index (κ2) is 7.61. The molecule has 0 saturated heterocycles. The van der Waals surface area contributed by atoms with E-state index in [9.17, 15) is 0 Å². The van der Waals surface area contributed by atoms with E-state index in [-0.39, 0.29) is 6.04 Å². The third kappa shape index (κ3) is 4.21. The molecule has 3 aromatic rings. The molecule has 0 aliphatic heterocycles. The van der Waals surface area contributed by atoms with Crippen LogP contribution in [-0.2, 0) is 13.0 Å². The van der Waals surface area contributed by atoms with Gasteiger partial charge < -0.3 is 10.5 Å². The molecule has 0 radical (unpaired) electrons. The van der Waals surface area contributed by atoms with Gasteiger partial charge in [-0.05, 0) is 23.6 Å². The van der Waals surface area contributed by atoms with Crippen molar-refractivity contribution in [3.05, 3.63) is 102 Å². The minimum atomic E-state index is -0.0793. The van der Waals surface area contributed by atoms with Crippen molar-refractivity contribution in [1.29, 1.82) is 0 Å². The van der Waals surface area contributed by atoms with Crippen molar-refractivity contribution in [2.75, 3.05) is 0 Å². The van der Waals surface area contributed by atoms with Gasteiger partial charge in [0.2, 0.25) is 0 Å². The van der Waals surface area contributed by atoms with E-state index in [1.807, 2.05) is 60.7 Å². The fourth-order valence-corrected chi connectivity index (χ4v) is 2.63. The summed E-state index contributed by atoms with van der Waals surface area (Å²) in [5.41, 5.74) is 9.85. The number of nitrogens with two attached hydrogens (primary N) is 1. The van der Waals surface area contributed by atoms with E-state index in [4.69, 9.17) is 10.5 Å². The van der Waals surface area contributed by atoms with Crippen LogP contribution in [0.25, 0.3) is 0 Å². The first-order chi connectivity index (χ1) is 11.3. The molecule has 0 heterocycles. The summed E-state index contributed by atoms with van der Waals surface area (Å²) in [5.74, 6) is 0.861. The predicted octanol–water partition coefficient (Wildman–Crippen LogP) is 4.51. The van der Waals surface area contributed by atoms with Gasteiger partial charge in [-0.25, -0.2) is 0 Å². The van der Waals surface area contributed by atoms with E-state index in [2.05, 4.69) is 24.3 Å². The number of benzene rings is 3. The lowest BCUT2D eigenvalue weighted by Crippen LogP contribution is -2.14. The molecule has 2 heteroatoms. The predicted molar refractivity (Wildman–Crippen MR) is 94.3 cm³/mol. The highest BCUT2D eigenvalue weighted by Gasteiger charge is 2.12. The summed E-state index contributed by atoms with van der Waals surface area (Å²) in [6.45, 7) is 0.551. The summed E-state index contributed by atoms with van der Waals surface area (Å²) < 4.78 is 6.00. The van der Waals surface area contributed by atoms with Crippen molar-refractivity contribution in [3.8, 4) is 5.75 Å². The zero-order chi connectivity index (χ0) is 15.9. The summed E-state index contributed by atoms with van der Waals surface area (Å²) in [5, 5.41) is 0. The van der Waals surface area contributed by atoms with Crippen LogP contribution in [0.4, 0.5) is 0 Å². The van der Waals surface area contributed by atoms with Crippen molar-refractivity contribution in [2.24, 2.45) is 5.73 Å². The zero-order valence-electron chi connectivity index (χ0n) is 13.1. The Hall–Kier alpha value is -2.58. The van der Waals surface area contributed by atoms with Crippen LogP contribution in [0.3, 0.4) is 0 Å². The first-order valence-corrected chi connectivity index (χ1v) is 7.88. The van der Waals surface area contributed by atoms with E-state index >= 15 is 0 Å². The molecule has 1 atom stereocenters. The smallest absolute Gasteiger partial charge is 0.124 e. The Morgan fingerprint density at radius 1 is 0.696 bits per heavy atom. The lowest BCUT2D eigenvalue weighted by Gasteiger charge is -2.17. The van der Waals surface area contributed by atoms with Crippen LogP contribution in [0.15, 0.2) is 84.9 Å². The van der Waals surface area contributed by atoms with Crippen LogP contribution in [0.1, 0.15) is 22.7 Å². The van der Waals surface area contributed by atoms with Crippen LogP contribution in [0, 0.1) is 0 Å². The van der Waals surface area contributed by atoms with Gasteiger partial charge in [0, 0.05) is 11.6 Å². The first kappa shape index (κ1) is 15.3. The molecule has 3 rings (SSSR count). The summed E-state index contributed by atoms with van der Waals surface area (Å²) in [6.07, 6.45) is 0.798. The molecule has 0 fully saturated rings. The van der Waals surface area contributed by atoms with Gasteiger partial charge >= 0.3 is 0 Å². The Bertz CT molecular complexity index is 725. The highest BCUT2D eigenvalue weighted by atomic mass is 16.5. The van der Waals surface area contributed by atoms with Gasteiger partial charge in [0.1, 0.15) is 12.4 Å². The van der Waals surface area contributed by atoms with Crippen molar-refractivity contribution in [1.82, 2.24) is 0 Å². The topological polar surface area (TPSA) is 35.2 Å². The van der Waals surface area contributed by atoms with Gasteiger partial charge in [-0.1, -0.05) is 78.9 Å². The monoisotopic (exact) mass is 303 g/mol. The lowest BCUT2D eigenvalue weighted by molar-refractivity contribution is 0.301. The SMILES string of the molecule is N[C@H](Cc1ccccc1)c1ccccc1OCc1ccccc1. The van der Waals surface area contributed by atoms with Crippen molar-refractivity contribution in [3.63, 3.8) is 0 Å². The molecule has 0 aliphatic carbocycles. The zero-order valence-corrected chi connectivity index (χ0v) is 13.1. The van der Waals surface area contributed by atoms with Gasteiger partial charge in [-0.3, -0.25) is 0 Å². The van der Waals surface area contributed by atoms with E-state index in [1.54, 1.807) is 0 Å². The minimum absolute atomic E-state index is 0.0793. The molecule has 2 N–H and O–H groups in total. The van der Waals surface area contributed by atoms with E-state index in [0.717, 1.165) is 23.3 Å². The maximum absolute atomic E-state index is 6.42.